The quantitative estimate of drug-likeness (QED) is 0.464. The summed E-state index contributed by atoms with van der Waals surface area (Å²) in [6, 6.07) is 18.1. The highest BCUT2D eigenvalue weighted by Crippen LogP contribution is 2.43. The summed E-state index contributed by atoms with van der Waals surface area (Å²) in [4.78, 5) is 16.8. The van der Waals surface area contributed by atoms with Crippen molar-refractivity contribution in [2.24, 2.45) is 0 Å². The topological polar surface area (TPSA) is 52.4 Å². The van der Waals surface area contributed by atoms with E-state index in [-0.39, 0.29) is 18.2 Å². The second-order valence-electron chi connectivity index (χ2n) is 8.08. The number of methoxy groups -OCH3 is 3. The summed E-state index contributed by atoms with van der Waals surface area (Å²) in [5, 5.41) is 1.79. The lowest BCUT2D eigenvalue weighted by Gasteiger charge is -2.33. The van der Waals surface area contributed by atoms with Gasteiger partial charge in [-0.1, -0.05) is 24.3 Å². The Labute approximate surface area is 201 Å². The number of anilines is 1. The molecule has 3 aromatic rings. The van der Waals surface area contributed by atoms with Gasteiger partial charge in [-0.15, -0.1) is 0 Å². The molecule has 0 aliphatic carbocycles. The molecule has 33 heavy (non-hydrogen) atoms. The SMILES string of the molecule is COc1cc2cc(C(=O)CC[NH+]3CCN(c4ccccc4)CC3)ccc2c(OC)c1OC.[Cl-]. The predicted molar refractivity (Wildman–Crippen MR) is 127 cm³/mol. The average molecular weight is 471 g/mol. The molecule has 0 radical (unpaired) electrons. The van der Waals surface area contributed by atoms with Crippen LogP contribution in [0, 0.1) is 0 Å². The summed E-state index contributed by atoms with van der Waals surface area (Å²) in [6.07, 6.45) is 0.538. The van der Waals surface area contributed by atoms with E-state index in [4.69, 9.17) is 14.2 Å². The lowest BCUT2D eigenvalue weighted by atomic mass is 10.0. The van der Waals surface area contributed by atoms with Crippen molar-refractivity contribution in [1.29, 1.82) is 0 Å². The molecule has 0 atom stereocenters. The summed E-state index contributed by atoms with van der Waals surface area (Å²) < 4.78 is 16.5. The minimum Gasteiger partial charge on any atom is -1.00 e. The Morgan fingerprint density at radius 2 is 1.61 bits per heavy atom. The van der Waals surface area contributed by atoms with Gasteiger partial charge in [-0.05, 0) is 35.7 Å². The third-order valence-electron chi connectivity index (χ3n) is 6.26. The molecule has 0 amide bonds. The molecule has 176 valence electrons. The number of piperazine rings is 1. The van der Waals surface area contributed by atoms with E-state index >= 15 is 0 Å². The van der Waals surface area contributed by atoms with Gasteiger partial charge >= 0.3 is 0 Å². The van der Waals surface area contributed by atoms with Crippen LogP contribution in [-0.4, -0.2) is 59.8 Å². The number of nitrogens with zero attached hydrogens (tertiary/aromatic N) is 1. The van der Waals surface area contributed by atoms with E-state index in [1.54, 1.807) is 21.3 Å². The molecule has 0 spiro atoms. The van der Waals surface area contributed by atoms with Crippen LogP contribution in [0.5, 0.6) is 17.2 Å². The monoisotopic (exact) mass is 470 g/mol. The molecule has 4 rings (SSSR count). The zero-order chi connectivity index (χ0) is 22.5. The first kappa shape index (κ1) is 24.7. The molecular weight excluding hydrogens is 440 g/mol. The summed E-state index contributed by atoms with van der Waals surface area (Å²) >= 11 is 0. The average Bonchev–Trinajstić information content (AvgIpc) is 2.86. The van der Waals surface area contributed by atoms with Crippen LogP contribution in [0.15, 0.2) is 54.6 Å². The number of fused-ring (bicyclic) bond motifs is 1. The largest absolute Gasteiger partial charge is 1.00 e. The van der Waals surface area contributed by atoms with Crippen LogP contribution in [0.3, 0.4) is 0 Å². The number of Topliss-reactive ketones (excluding diaryl/α,β-unsaturated/α-hetero) is 1. The van der Waals surface area contributed by atoms with Crippen LogP contribution in [0.4, 0.5) is 5.69 Å². The first-order chi connectivity index (χ1) is 15.6. The number of benzene rings is 3. The number of rotatable bonds is 8. The van der Waals surface area contributed by atoms with Crippen molar-refractivity contribution in [3.63, 3.8) is 0 Å². The zero-order valence-electron chi connectivity index (χ0n) is 19.4. The van der Waals surface area contributed by atoms with Gasteiger partial charge in [-0.2, -0.15) is 0 Å². The Hall–Kier alpha value is -2.96. The molecule has 0 saturated carbocycles. The Morgan fingerprint density at radius 1 is 0.909 bits per heavy atom. The van der Waals surface area contributed by atoms with Crippen LogP contribution in [0.25, 0.3) is 10.8 Å². The minimum absolute atomic E-state index is 0. The second kappa shape index (κ2) is 11.3. The van der Waals surface area contributed by atoms with Gasteiger partial charge in [0, 0.05) is 16.6 Å². The lowest BCUT2D eigenvalue weighted by Crippen LogP contribution is -3.15. The minimum atomic E-state index is 0. The van der Waals surface area contributed by atoms with E-state index in [9.17, 15) is 4.79 Å². The van der Waals surface area contributed by atoms with Crippen LogP contribution in [0.2, 0.25) is 0 Å². The number of hydrogen-bond acceptors (Lipinski definition) is 5. The Kier molecular flexibility index (Phi) is 8.42. The first-order valence-electron chi connectivity index (χ1n) is 11.0. The van der Waals surface area contributed by atoms with Gasteiger partial charge in [-0.25, -0.2) is 0 Å². The van der Waals surface area contributed by atoms with Crippen molar-refractivity contribution in [1.82, 2.24) is 0 Å². The highest BCUT2D eigenvalue weighted by Gasteiger charge is 2.22. The smallest absolute Gasteiger partial charge is 0.203 e. The van der Waals surface area contributed by atoms with Gasteiger partial charge in [0.05, 0.1) is 60.5 Å². The first-order valence-corrected chi connectivity index (χ1v) is 11.0. The van der Waals surface area contributed by atoms with Gasteiger partial charge in [-0.3, -0.25) is 4.79 Å². The maximum atomic E-state index is 12.9. The highest BCUT2D eigenvalue weighted by molar-refractivity contribution is 6.02. The van der Waals surface area contributed by atoms with Gasteiger partial charge in [0.1, 0.15) is 0 Å². The van der Waals surface area contributed by atoms with Crippen molar-refractivity contribution >= 4 is 22.2 Å². The predicted octanol–water partition coefficient (Wildman–Crippen LogP) is -0.152. The van der Waals surface area contributed by atoms with Gasteiger partial charge in [0.2, 0.25) is 5.75 Å². The molecule has 0 bridgehead atoms. The van der Waals surface area contributed by atoms with Crippen LogP contribution < -0.4 is 36.4 Å². The molecule has 1 fully saturated rings. The molecular formula is C26H31ClN2O4. The molecule has 1 N–H and O–H groups in total. The van der Waals surface area contributed by atoms with E-state index in [0.717, 1.165) is 43.5 Å². The van der Waals surface area contributed by atoms with Gasteiger partial charge < -0.3 is 36.4 Å². The maximum Gasteiger partial charge on any atom is 0.203 e. The number of carbonyl (C=O) groups is 1. The number of halogens is 1. The maximum absolute atomic E-state index is 12.9. The van der Waals surface area contributed by atoms with E-state index in [1.807, 2.05) is 30.3 Å². The standard InChI is InChI=1S/C26H30N2O4.ClH/c1-30-24-18-20-17-19(9-10-22(20)25(31-2)26(24)32-3)23(29)11-12-27-13-15-28(16-14-27)21-7-5-4-6-8-21;/h4-10,17-18H,11-16H2,1-3H3;1H. The lowest BCUT2D eigenvalue weighted by molar-refractivity contribution is -0.899. The highest BCUT2D eigenvalue weighted by atomic mass is 35.5. The van der Waals surface area contributed by atoms with E-state index < -0.39 is 0 Å². The molecule has 1 aliphatic heterocycles. The Balaban J connectivity index is 0.00000306. The van der Waals surface area contributed by atoms with Crippen molar-refractivity contribution < 1.29 is 36.3 Å². The normalized spacial score (nSPS) is 14.0. The van der Waals surface area contributed by atoms with Gasteiger partial charge in [0.15, 0.2) is 17.3 Å². The number of ketones is 1. The number of carbonyl (C=O) groups excluding carboxylic acids is 1. The van der Waals surface area contributed by atoms with Crippen LogP contribution >= 0.6 is 0 Å². The fraction of sp³-hybridized carbons (Fsp3) is 0.346. The molecule has 1 heterocycles. The number of hydrogen-bond donors (Lipinski definition) is 1. The van der Waals surface area contributed by atoms with E-state index in [2.05, 4.69) is 29.2 Å². The number of nitrogens with one attached hydrogen (secondary N) is 1. The van der Waals surface area contributed by atoms with Crippen LogP contribution in [0.1, 0.15) is 16.8 Å². The summed E-state index contributed by atoms with van der Waals surface area (Å²) in [5.41, 5.74) is 2.00. The summed E-state index contributed by atoms with van der Waals surface area (Å²) in [7, 11) is 4.79. The summed E-state index contributed by atoms with van der Waals surface area (Å²) in [6.45, 7) is 4.99. The summed E-state index contributed by atoms with van der Waals surface area (Å²) in [5.74, 6) is 1.92. The van der Waals surface area contributed by atoms with Crippen molar-refractivity contribution in [3.05, 3.63) is 60.2 Å². The molecule has 0 unspecified atom stereocenters. The molecule has 1 saturated heterocycles. The Morgan fingerprint density at radius 3 is 2.24 bits per heavy atom. The fourth-order valence-electron chi connectivity index (χ4n) is 4.46. The molecule has 7 heteroatoms. The molecule has 6 nitrogen and oxygen atoms in total. The van der Waals surface area contributed by atoms with E-state index in [1.165, 1.54) is 10.6 Å². The fourth-order valence-corrected chi connectivity index (χ4v) is 4.46. The third kappa shape index (κ3) is 5.34. The Bertz CT molecular complexity index is 1080. The zero-order valence-corrected chi connectivity index (χ0v) is 20.2. The third-order valence-corrected chi connectivity index (χ3v) is 6.26. The van der Waals surface area contributed by atoms with E-state index in [0.29, 0.717) is 29.2 Å². The number of para-hydroxylation sites is 1. The van der Waals surface area contributed by atoms with Crippen molar-refractivity contribution in [2.75, 3.05) is 59.0 Å². The number of quaternary nitrogens is 1. The molecule has 0 aromatic heterocycles. The van der Waals surface area contributed by atoms with Gasteiger partial charge in [0.25, 0.3) is 0 Å². The van der Waals surface area contributed by atoms with Crippen molar-refractivity contribution in [2.45, 2.75) is 6.42 Å². The molecule has 1 aliphatic rings. The number of ether oxygens (including phenoxy) is 3. The second-order valence-corrected chi connectivity index (χ2v) is 8.08. The molecule has 3 aromatic carbocycles. The van der Waals surface area contributed by atoms with Crippen LogP contribution in [-0.2, 0) is 0 Å². The van der Waals surface area contributed by atoms with Crippen molar-refractivity contribution in [3.8, 4) is 17.2 Å².